The Morgan fingerprint density at radius 1 is 1.31 bits per heavy atom. The first-order chi connectivity index (χ1) is 7.75. The predicted octanol–water partition coefficient (Wildman–Crippen LogP) is 3.74. The van der Waals surface area contributed by atoms with Gasteiger partial charge >= 0.3 is 0 Å². The zero-order valence-corrected chi connectivity index (χ0v) is 10.7. The molecule has 0 spiro atoms. The van der Waals surface area contributed by atoms with Crippen LogP contribution in [0.15, 0.2) is 24.3 Å². The van der Waals surface area contributed by atoms with E-state index >= 15 is 0 Å². The van der Waals surface area contributed by atoms with Crippen LogP contribution in [0.3, 0.4) is 0 Å². The molecule has 0 bridgehead atoms. The Kier molecular flexibility index (Phi) is 4.30. The van der Waals surface area contributed by atoms with E-state index in [1.807, 2.05) is 36.0 Å². The third kappa shape index (κ3) is 3.26. The number of ketones is 1. The third-order valence-corrected chi connectivity index (χ3v) is 4.51. The number of rotatable bonds is 3. The lowest BCUT2D eigenvalue weighted by Crippen LogP contribution is -2.22. The van der Waals surface area contributed by atoms with Gasteiger partial charge in [0.05, 0.1) is 5.25 Å². The van der Waals surface area contributed by atoms with Gasteiger partial charge in [-0.3, -0.25) is 4.79 Å². The Bertz CT molecular complexity index is 355. The first kappa shape index (κ1) is 12.0. The van der Waals surface area contributed by atoms with Crippen LogP contribution in [0.2, 0.25) is 5.02 Å². The highest BCUT2D eigenvalue weighted by Crippen LogP contribution is 2.26. The van der Waals surface area contributed by atoms with Crippen LogP contribution in [-0.2, 0) is 11.2 Å². The molecule has 16 heavy (non-hydrogen) atoms. The van der Waals surface area contributed by atoms with Crippen LogP contribution >= 0.6 is 23.4 Å². The van der Waals surface area contributed by atoms with E-state index in [2.05, 4.69) is 0 Å². The number of Topliss-reactive ketones (excluding diaryl/α,β-unsaturated/α-hetero) is 1. The average Bonchev–Trinajstić information content (AvgIpc) is 2.33. The van der Waals surface area contributed by atoms with Gasteiger partial charge in [0.2, 0.25) is 0 Å². The molecule has 3 heteroatoms. The summed E-state index contributed by atoms with van der Waals surface area (Å²) < 4.78 is 0. The number of carbonyl (C=O) groups excluding carboxylic acids is 1. The fraction of sp³-hybridized carbons (Fsp3) is 0.462. The van der Waals surface area contributed by atoms with Crippen molar-refractivity contribution in [2.75, 3.05) is 5.75 Å². The molecule has 1 aromatic rings. The van der Waals surface area contributed by atoms with Gasteiger partial charge in [-0.15, -0.1) is 0 Å². The Morgan fingerprint density at radius 3 is 2.69 bits per heavy atom. The standard InChI is InChI=1S/C13H15ClOS/c14-11-6-4-10(5-7-11)9-12(15)13-3-1-2-8-16-13/h4-7,13H,1-3,8-9H2. The van der Waals surface area contributed by atoms with Crippen molar-refractivity contribution in [1.82, 2.24) is 0 Å². The van der Waals surface area contributed by atoms with Gasteiger partial charge < -0.3 is 0 Å². The summed E-state index contributed by atoms with van der Waals surface area (Å²) in [5.41, 5.74) is 1.07. The molecule has 1 fully saturated rings. The highest BCUT2D eigenvalue weighted by molar-refractivity contribution is 8.00. The smallest absolute Gasteiger partial charge is 0.150 e. The minimum atomic E-state index is 0.226. The Hall–Kier alpha value is -0.470. The quantitative estimate of drug-likeness (QED) is 0.818. The van der Waals surface area contributed by atoms with Crippen LogP contribution in [0.5, 0.6) is 0 Å². The van der Waals surface area contributed by atoms with E-state index < -0.39 is 0 Å². The minimum absolute atomic E-state index is 0.226. The molecule has 0 N–H and O–H groups in total. The second-order valence-corrected chi connectivity index (χ2v) is 5.87. The summed E-state index contributed by atoms with van der Waals surface area (Å²) in [5, 5.41) is 0.952. The van der Waals surface area contributed by atoms with Crippen molar-refractivity contribution in [2.45, 2.75) is 30.9 Å². The number of hydrogen-bond acceptors (Lipinski definition) is 2. The van der Waals surface area contributed by atoms with Crippen LogP contribution in [0.25, 0.3) is 0 Å². The van der Waals surface area contributed by atoms with E-state index in [0.29, 0.717) is 12.2 Å². The molecule has 1 atom stereocenters. The summed E-state index contributed by atoms with van der Waals surface area (Å²) in [7, 11) is 0. The normalized spacial score (nSPS) is 20.7. The summed E-state index contributed by atoms with van der Waals surface area (Å²) in [5.74, 6) is 1.50. The van der Waals surface area contributed by atoms with Gasteiger partial charge in [0.15, 0.2) is 0 Å². The Balaban J connectivity index is 1.93. The van der Waals surface area contributed by atoms with Crippen molar-refractivity contribution in [3.05, 3.63) is 34.9 Å². The molecule has 1 unspecified atom stereocenters. The van der Waals surface area contributed by atoms with Crippen LogP contribution in [-0.4, -0.2) is 16.8 Å². The number of thioether (sulfide) groups is 1. The van der Waals surface area contributed by atoms with E-state index in [0.717, 1.165) is 22.8 Å². The predicted molar refractivity (Wildman–Crippen MR) is 70.3 cm³/mol. The number of halogens is 1. The first-order valence-electron chi connectivity index (χ1n) is 5.64. The van der Waals surface area contributed by atoms with Gasteiger partial charge in [0.1, 0.15) is 5.78 Å². The molecule has 0 radical (unpaired) electrons. The lowest BCUT2D eigenvalue weighted by Gasteiger charge is -2.19. The van der Waals surface area contributed by atoms with Crippen molar-refractivity contribution in [1.29, 1.82) is 0 Å². The summed E-state index contributed by atoms with van der Waals surface area (Å²) in [6.07, 6.45) is 4.06. The van der Waals surface area contributed by atoms with Crippen molar-refractivity contribution >= 4 is 29.1 Å². The number of hydrogen-bond donors (Lipinski definition) is 0. The highest BCUT2D eigenvalue weighted by atomic mass is 35.5. The molecule has 1 aromatic carbocycles. The first-order valence-corrected chi connectivity index (χ1v) is 7.07. The molecule has 1 aliphatic heterocycles. The maximum Gasteiger partial charge on any atom is 0.150 e. The molecule has 0 aliphatic carbocycles. The second-order valence-electron chi connectivity index (χ2n) is 4.12. The second kappa shape index (κ2) is 5.74. The summed E-state index contributed by atoms with van der Waals surface area (Å²) in [6, 6.07) is 7.57. The summed E-state index contributed by atoms with van der Waals surface area (Å²) >= 11 is 7.63. The molecule has 1 heterocycles. The molecular weight excluding hydrogens is 240 g/mol. The van der Waals surface area contributed by atoms with Crippen molar-refractivity contribution < 1.29 is 4.79 Å². The summed E-state index contributed by atoms with van der Waals surface area (Å²) in [4.78, 5) is 12.0. The number of benzene rings is 1. The molecule has 1 nitrogen and oxygen atoms in total. The van der Waals surface area contributed by atoms with Gasteiger partial charge in [-0.2, -0.15) is 11.8 Å². The highest BCUT2D eigenvalue weighted by Gasteiger charge is 2.21. The van der Waals surface area contributed by atoms with E-state index in [-0.39, 0.29) is 5.25 Å². The van der Waals surface area contributed by atoms with Gasteiger partial charge in [0.25, 0.3) is 0 Å². The lowest BCUT2D eigenvalue weighted by molar-refractivity contribution is -0.118. The molecule has 0 amide bonds. The van der Waals surface area contributed by atoms with Crippen molar-refractivity contribution in [3.63, 3.8) is 0 Å². The van der Waals surface area contributed by atoms with Gasteiger partial charge in [-0.1, -0.05) is 30.2 Å². The molecular formula is C13H15ClOS. The van der Waals surface area contributed by atoms with E-state index in [1.54, 1.807) is 0 Å². The fourth-order valence-corrected chi connectivity index (χ4v) is 3.30. The van der Waals surface area contributed by atoms with Crippen molar-refractivity contribution in [2.24, 2.45) is 0 Å². The number of carbonyl (C=O) groups is 1. The molecule has 2 rings (SSSR count). The topological polar surface area (TPSA) is 17.1 Å². The molecule has 0 aromatic heterocycles. The Labute approximate surface area is 106 Å². The maximum absolute atomic E-state index is 12.0. The van der Waals surface area contributed by atoms with Crippen LogP contribution in [0, 0.1) is 0 Å². The Morgan fingerprint density at radius 2 is 2.06 bits per heavy atom. The monoisotopic (exact) mass is 254 g/mol. The van der Waals surface area contributed by atoms with Gasteiger partial charge in [-0.25, -0.2) is 0 Å². The molecule has 1 saturated heterocycles. The van der Waals surface area contributed by atoms with Crippen LogP contribution in [0.1, 0.15) is 24.8 Å². The van der Waals surface area contributed by atoms with Crippen LogP contribution in [0.4, 0.5) is 0 Å². The molecule has 86 valence electrons. The van der Waals surface area contributed by atoms with Crippen LogP contribution < -0.4 is 0 Å². The lowest BCUT2D eigenvalue weighted by atomic mass is 10.0. The van der Waals surface area contributed by atoms with Gasteiger partial charge in [-0.05, 0) is 36.3 Å². The summed E-state index contributed by atoms with van der Waals surface area (Å²) in [6.45, 7) is 0. The van der Waals surface area contributed by atoms with Gasteiger partial charge in [0, 0.05) is 11.4 Å². The van der Waals surface area contributed by atoms with Crippen molar-refractivity contribution in [3.8, 4) is 0 Å². The third-order valence-electron chi connectivity index (χ3n) is 2.83. The zero-order valence-electron chi connectivity index (χ0n) is 9.12. The maximum atomic E-state index is 12.0. The fourth-order valence-electron chi connectivity index (χ4n) is 1.91. The van der Waals surface area contributed by atoms with E-state index in [9.17, 15) is 4.79 Å². The molecule has 0 saturated carbocycles. The average molecular weight is 255 g/mol. The van der Waals surface area contributed by atoms with E-state index in [4.69, 9.17) is 11.6 Å². The minimum Gasteiger partial charge on any atom is -0.298 e. The SMILES string of the molecule is O=C(Cc1ccc(Cl)cc1)C1CCCCS1. The largest absolute Gasteiger partial charge is 0.298 e. The zero-order chi connectivity index (χ0) is 11.4. The molecule has 1 aliphatic rings. The van der Waals surface area contributed by atoms with E-state index in [1.165, 1.54) is 12.8 Å².